The van der Waals surface area contributed by atoms with Crippen molar-refractivity contribution in [2.24, 2.45) is 0 Å². The lowest BCUT2D eigenvalue weighted by Crippen LogP contribution is -2.50. The molecule has 0 spiro atoms. The molecule has 1 aromatic carbocycles. The maximum absolute atomic E-state index is 13.9. The van der Waals surface area contributed by atoms with Gasteiger partial charge in [-0.25, -0.2) is 9.78 Å². The third kappa shape index (κ3) is 5.14. The van der Waals surface area contributed by atoms with Crippen molar-refractivity contribution in [1.29, 1.82) is 0 Å². The van der Waals surface area contributed by atoms with Crippen LogP contribution in [0.4, 0.5) is 5.82 Å². The fourth-order valence-corrected chi connectivity index (χ4v) is 4.80. The minimum atomic E-state index is -0.572. The van der Waals surface area contributed by atoms with Crippen LogP contribution in [-0.2, 0) is 19.7 Å². The second kappa shape index (κ2) is 10.5. The Labute approximate surface area is 199 Å². The summed E-state index contributed by atoms with van der Waals surface area (Å²) in [5, 5.41) is 0.667. The highest BCUT2D eigenvalue weighted by molar-refractivity contribution is 6.30. The average molecular weight is 472 g/mol. The summed E-state index contributed by atoms with van der Waals surface area (Å²) < 4.78 is 10.6. The largest absolute Gasteiger partial charge is 0.462 e. The average Bonchev–Trinajstić information content (AvgIpc) is 3.11. The smallest absolute Gasteiger partial charge is 0.339 e. The number of halogens is 1. The zero-order chi connectivity index (χ0) is 23.3. The highest BCUT2D eigenvalue weighted by atomic mass is 35.5. The van der Waals surface area contributed by atoms with Gasteiger partial charge in [-0.05, 0) is 56.0 Å². The fourth-order valence-electron chi connectivity index (χ4n) is 4.68. The third-order valence-corrected chi connectivity index (χ3v) is 6.77. The molecule has 8 heteroatoms. The van der Waals surface area contributed by atoms with Crippen LogP contribution >= 0.6 is 11.6 Å². The molecule has 2 aliphatic rings. The molecule has 0 radical (unpaired) electrons. The summed E-state index contributed by atoms with van der Waals surface area (Å²) in [4.78, 5) is 34.4. The van der Waals surface area contributed by atoms with Crippen LogP contribution in [0.1, 0.15) is 42.1 Å². The number of carbonyl (C=O) groups excluding carboxylic acids is 2. The van der Waals surface area contributed by atoms with E-state index < -0.39 is 5.41 Å². The normalized spacial score (nSPS) is 18.5. The van der Waals surface area contributed by atoms with Crippen LogP contribution in [0.3, 0.4) is 0 Å². The van der Waals surface area contributed by atoms with Crippen LogP contribution in [0.5, 0.6) is 0 Å². The molecule has 33 heavy (non-hydrogen) atoms. The van der Waals surface area contributed by atoms with Gasteiger partial charge in [-0.1, -0.05) is 23.7 Å². The molecule has 2 aliphatic heterocycles. The van der Waals surface area contributed by atoms with E-state index in [0.29, 0.717) is 62.9 Å². The van der Waals surface area contributed by atoms with Crippen molar-refractivity contribution in [2.45, 2.75) is 31.6 Å². The van der Waals surface area contributed by atoms with Crippen LogP contribution in [0, 0.1) is 0 Å². The van der Waals surface area contributed by atoms with Gasteiger partial charge in [-0.3, -0.25) is 4.79 Å². The molecule has 0 aliphatic carbocycles. The van der Waals surface area contributed by atoms with Gasteiger partial charge in [-0.2, -0.15) is 0 Å². The molecule has 3 heterocycles. The van der Waals surface area contributed by atoms with Gasteiger partial charge in [0.25, 0.3) is 0 Å². The lowest BCUT2D eigenvalue weighted by molar-refractivity contribution is -0.141. The Bertz CT molecular complexity index is 959. The number of anilines is 1. The molecular weight excluding hydrogens is 442 g/mol. The molecule has 0 bridgehead atoms. The van der Waals surface area contributed by atoms with Gasteiger partial charge in [0.2, 0.25) is 5.91 Å². The monoisotopic (exact) mass is 471 g/mol. The summed E-state index contributed by atoms with van der Waals surface area (Å²) in [6.45, 7) is 6.07. The number of esters is 1. The van der Waals surface area contributed by atoms with Crippen LogP contribution in [-0.4, -0.2) is 67.8 Å². The zero-order valence-electron chi connectivity index (χ0n) is 19.0. The Hall–Kier alpha value is -2.64. The van der Waals surface area contributed by atoms with Crippen molar-refractivity contribution in [3.8, 4) is 0 Å². The van der Waals surface area contributed by atoms with Crippen molar-refractivity contribution in [1.82, 2.24) is 9.88 Å². The van der Waals surface area contributed by atoms with Crippen LogP contribution in [0.2, 0.25) is 5.02 Å². The Kier molecular flexibility index (Phi) is 7.50. The van der Waals surface area contributed by atoms with Gasteiger partial charge in [0.15, 0.2) is 0 Å². The number of amides is 1. The van der Waals surface area contributed by atoms with Crippen molar-refractivity contribution < 1.29 is 19.1 Å². The maximum Gasteiger partial charge on any atom is 0.339 e. The van der Waals surface area contributed by atoms with E-state index in [0.717, 1.165) is 24.3 Å². The molecule has 0 N–H and O–H groups in total. The first-order valence-corrected chi connectivity index (χ1v) is 11.9. The molecule has 4 rings (SSSR count). The summed E-state index contributed by atoms with van der Waals surface area (Å²) in [5.41, 5.74) is 0.881. The van der Waals surface area contributed by atoms with E-state index in [1.165, 1.54) is 0 Å². The highest BCUT2D eigenvalue weighted by Gasteiger charge is 2.44. The van der Waals surface area contributed by atoms with E-state index in [9.17, 15) is 9.59 Å². The number of aromatic nitrogens is 1. The summed E-state index contributed by atoms with van der Waals surface area (Å²) in [6.07, 6.45) is 3.74. The number of ether oxygens (including phenoxy) is 2. The van der Waals surface area contributed by atoms with E-state index in [1.54, 1.807) is 19.2 Å². The summed E-state index contributed by atoms with van der Waals surface area (Å²) in [6, 6.07) is 11.3. The highest BCUT2D eigenvalue weighted by Crippen LogP contribution is 2.37. The Morgan fingerprint density at radius 1 is 1.06 bits per heavy atom. The standard InChI is InChI=1S/C25H30ClN3O4/c1-2-33-23(30)19-4-9-22(27-18-19)28-12-3-13-29(15-14-28)24(31)25(10-16-32-17-11-25)20-5-7-21(26)8-6-20/h4-9,18H,2-3,10-17H2,1H3. The predicted molar refractivity (Wildman–Crippen MR) is 127 cm³/mol. The molecule has 2 aromatic rings. The first kappa shape index (κ1) is 23.5. The minimum Gasteiger partial charge on any atom is -0.462 e. The van der Waals surface area contributed by atoms with Crippen molar-refractivity contribution in [2.75, 3.05) is 50.9 Å². The van der Waals surface area contributed by atoms with E-state index >= 15 is 0 Å². The van der Waals surface area contributed by atoms with E-state index in [-0.39, 0.29) is 11.9 Å². The lowest BCUT2D eigenvalue weighted by Gasteiger charge is -2.40. The first-order chi connectivity index (χ1) is 16.0. The fraction of sp³-hybridized carbons (Fsp3) is 0.480. The van der Waals surface area contributed by atoms with Crippen LogP contribution < -0.4 is 4.90 Å². The molecular formula is C25H30ClN3O4. The molecule has 0 atom stereocenters. The SMILES string of the molecule is CCOC(=O)c1ccc(N2CCCN(C(=O)C3(c4ccc(Cl)cc4)CCOCC3)CC2)nc1. The second-order valence-electron chi connectivity index (χ2n) is 8.46. The van der Waals surface area contributed by atoms with Crippen LogP contribution in [0.15, 0.2) is 42.6 Å². The third-order valence-electron chi connectivity index (χ3n) is 6.52. The van der Waals surface area contributed by atoms with Gasteiger partial charge in [0.1, 0.15) is 5.82 Å². The molecule has 7 nitrogen and oxygen atoms in total. The van der Waals surface area contributed by atoms with Crippen molar-refractivity contribution >= 4 is 29.3 Å². The second-order valence-corrected chi connectivity index (χ2v) is 8.90. The molecule has 176 valence electrons. The molecule has 2 fully saturated rings. The number of hydrogen-bond donors (Lipinski definition) is 0. The minimum absolute atomic E-state index is 0.167. The Morgan fingerprint density at radius 3 is 2.48 bits per heavy atom. The number of carbonyl (C=O) groups is 2. The molecule has 2 saturated heterocycles. The number of rotatable bonds is 5. The Balaban J connectivity index is 1.47. The number of pyridine rings is 1. The summed E-state index contributed by atoms with van der Waals surface area (Å²) >= 11 is 6.11. The Morgan fingerprint density at radius 2 is 1.82 bits per heavy atom. The topological polar surface area (TPSA) is 72.0 Å². The molecule has 0 saturated carbocycles. The summed E-state index contributed by atoms with van der Waals surface area (Å²) in [5.74, 6) is 0.601. The van der Waals surface area contributed by atoms with E-state index in [1.807, 2.05) is 35.2 Å². The molecule has 0 unspecified atom stereocenters. The van der Waals surface area contributed by atoms with Gasteiger partial charge < -0.3 is 19.3 Å². The van der Waals surface area contributed by atoms with Gasteiger partial charge in [0, 0.05) is 50.6 Å². The van der Waals surface area contributed by atoms with E-state index in [2.05, 4.69) is 9.88 Å². The molecule has 1 amide bonds. The lowest BCUT2D eigenvalue weighted by atomic mass is 9.73. The van der Waals surface area contributed by atoms with E-state index in [4.69, 9.17) is 21.1 Å². The predicted octanol–water partition coefficient (Wildman–Crippen LogP) is 3.70. The van der Waals surface area contributed by atoms with Crippen molar-refractivity contribution in [3.05, 3.63) is 58.7 Å². The number of nitrogens with zero attached hydrogens (tertiary/aromatic N) is 3. The number of hydrogen-bond acceptors (Lipinski definition) is 6. The summed E-state index contributed by atoms with van der Waals surface area (Å²) in [7, 11) is 0. The van der Waals surface area contributed by atoms with Gasteiger partial charge in [0.05, 0.1) is 17.6 Å². The quantitative estimate of drug-likeness (QED) is 0.619. The zero-order valence-corrected chi connectivity index (χ0v) is 19.7. The molecule has 1 aromatic heterocycles. The number of benzene rings is 1. The van der Waals surface area contributed by atoms with Gasteiger partial charge in [-0.15, -0.1) is 0 Å². The van der Waals surface area contributed by atoms with Crippen LogP contribution in [0.25, 0.3) is 0 Å². The van der Waals surface area contributed by atoms with Gasteiger partial charge >= 0.3 is 5.97 Å². The first-order valence-electron chi connectivity index (χ1n) is 11.5. The van der Waals surface area contributed by atoms with Crippen molar-refractivity contribution in [3.63, 3.8) is 0 Å². The maximum atomic E-state index is 13.9.